The second-order valence-electron chi connectivity index (χ2n) is 12.6. The number of rotatable bonds is 13. The quantitative estimate of drug-likeness (QED) is 0.0514. The molecule has 0 saturated heterocycles. The number of hydrogen-bond donors (Lipinski definition) is 0. The largest absolute Gasteiger partial charge is 0.494 e. The number of imidazole rings is 1. The van der Waals surface area contributed by atoms with E-state index in [4.69, 9.17) is 19.4 Å². The molecular formula is C33H43N5O4S. The van der Waals surface area contributed by atoms with Crippen molar-refractivity contribution in [3.8, 4) is 17.3 Å². The van der Waals surface area contributed by atoms with Gasteiger partial charge < -0.3 is 23.4 Å². The molecule has 43 heavy (non-hydrogen) atoms. The highest BCUT2D eigenvalue weighted by Crippen LogP contribution is 2.34. The van der Waals surface area contributed by atoms with Gasteiger partial charge in [0.1, 0.15) is 23.2 Å². The molecule has 3 heterocycles. The zero-order valence-electron chi connectivity index (χ0n) is 26.6. The highest BCUT2D eigenvalue weighted by molar-refractivity contribution is 7.99. The molecule has 0 bridgehead atoms. The fraction of sp³-hybridized carbons (Fsp3) is 0.485. The van der Waals surface area contributed by atoms with E-state index in [9.17, 15) is 9.59 Å². The standard InChI is InChI=1S/C33H43N5O4S/c1-32(2,3)43-34-20-24-14-13-22-18-26(38(29(22)35-24)16-12-10-9-11-15-33(4,5)21-39)30-36-25-17-23(31(40)42-8)19-27(41-7)28(25)37(30)6/h13-14,17-21H,9-12,15-16H2,1-8H3/b34-20+. The number of aryl methyl sites for hydroxylation is 2. The average molecular weight is 606 g/mol. The molecular weight excluding hydrogens is 562 g/mol. The van der Waals surface area contributed by atoms with Crippen LogP contribution in [0.25, 0.3) is 33.6 Å². The maximum atomic E-state index is 12.3. The summed E-state index contributed by atoms with van der Waals surface area (Å²) in [5, 5.41) is 1.01. The molecule has 9 nitrogen and oxygen atoms in total. The fourth-order valence-electron chi connectivity index (χ4n) is 5.06. The molecule has 0 N–H and O–H groups in total. The molecule has 0 radical (unpaired) electrons. The first-order valence-corrected chi connectivity index (χ1v) is 15.5. The number of benzene rings is 1. The number of esters is 1. The van der Waals surface area contributed by atoms with Crippen molar-refractivity contribution in [3.63, 3.8) is 0 Å². The number of hydrogen-bond acceptors (Lipinski definition) is 8. The topological polar surface area (TPSA) is 101 Å². The fourth-order valence-corrected chi connectivity index (χ4v) is 5.53. The molecule has 10 heteroatoms. The molecule has 3 aromatic heterocycles. The minimum atomic E-state index is -0.443. The van der Waals surface area contributed by atoms with Crippen molar-refractivity contribution in [2.75, 3.05) is 14.2 Å². The van der Waals surface area contributed by atoms with Crippen LogP contribution in [0.15, 0.2) is 34.7 Å². The molecule has 230 valence electrons. The van der Waals surface area contributed by atoms with Gasteiger partial charge in [-0.25, -0.2) is 19.2 Å². The molecule has 0 amide bonds. The Hall–Kier alpha value is -3.66. The lowest BCUT2D eigenvalue weighted by atomic mass is 9.89. The zero-order valence-corrected chi connectivity index (χ0v) is 27.4. The van der Waals surface area contributed by atoms with E-state index in [-0.39, 0.29) is 10.2 Å². The smallest absolute Gasteiger partial charge is 0.338 e. The summed E-state index contributed by atoms with van der Waals surface area (Å²) in [6.45, 7) is 11.1. The highest BCUT2D eigenvalue weighted by Gasteiger charge is 2.22. The SMILES string of the molecule is COC(=O)c1cc(OC)c2c(c1)nc(-c1cc3ccc(/C=N/SC(C)(C)C)nc3n1CCCCCCC(C)(C)C=O)n2C. The van der Waals surface area contributed by atoms with Gasteiger partial charge in [0.05, 0.1) is 42.9 Å². The van der Waals surface area contributed by atoms with Crippen LogP contribution in [0.1, 0.15) is 82.8 Å². The summed E-state index contributed by atoms with van der Waals surface area (Å²) in [5.74, 6) is 0.855. The van der Waals surface area contributed by atoms with Gasteiger partial charge in [0.2, 0.25) is 0 Å². The monoisotopic (exact) mass is 605 g/mol. The predicted molar refractivity (Wildman–Crippen MR) is 175 cm³/mol. The number of aldehydes is 1. The Morgan fingerprint density at radius 3 is 2.44 bits per heavy atom. The third-order valence-corrected chi connectivity index (χ3v) is 8.11. The third-order valence-electron chi connectivity index (χ3n) is 7.35. The first-order chi connectivity index (χ1) is 20.4. The van der Waals surface area contributed by atoms with Crippen molar-refractivity contribution in [2.45, 2.75) is 78.0 Å². The molecule has 0 spiro atoms. The normalized spacial score (nSPS) is 12.5. The Morgan fingerprint density at radius 2 is 1.77 bits per heavy atom. The Labute approximate surface area is 258 Å². The van der Waals surface area contributed by atoms with Gasteiger partial charge in [-0.15, -0.1) is 0 Å². The molecule has 0 atom stereocenters. The van der Waals surface area contributed by atoms with E-state index in [0.29, 0.717) is 16.8 Å². The van der Waals surface area contributed by atoms with Crippen LogP contribution in [0.5, 0.6) is 5.75 Å². The molecule has 0 aliphatic heterocycles. The van der Waals surface area contributed by atoms with Gasteiger partial charge in [-0.3, -0.25) is 0 Å². The van der Waals surface area contributed by atoms with Crippen LogP contribution in [0.4, 0.5) is 0 Å². The van der Waals surface area contributed by atoms with Gasteiger partial charge in [-0.2, -0.15) is 0 Å². The zero-order chi connectivity index (χ0) is 31.4. The number of pyridine rings is 1. The summed E-state index contributed by atoms with van der Waals surface area (Å²) in [6.07, 6.45) is 7.82. The van der Waals surface area contributed by atoms with Crippen molar-refractivity contribution in [1.82, 2.24) is 19.1 Å². The van der Waals surface area contributed by atoms with E-state index in [1.165, 1.54) is 19.1 Å². The molecule has 4 aromatic rings. The summed E-state index contributed by atoms with van der Waals surface area (Å²) in [4.78, 5) is 33.6. The van der Waals surface area contributed by atoms with Crippen LogP contribution in [0.2, 0.25) is 0 Å². The molecule has 0 unspecified atom stereocenters. The lowest BCUT2D eigenvalue weighted by molar-refractivity contribution is -0.115. The number of ether oxygens (including phenoxy) is 2. The molecule has 0 saturated carbocycles. The van der Waals surface area contributed by atoms with E-state index in [2.05, 4.69) is 41.9 Å². The first kappa shape index (κ1) is 32.3. The average Bonchev–Trinajstić information content (AvgIpc) is 3.49. The summed E-state index contributed by atoms with van der Waals surface area (Å²) in [5.41, 5.74) is 4.14. The van der Waals surface area contributed by atoms with E-state index >= 15 is 0 Å². The molecule has 0 aliphatic carbocycles. The summed E-state index contributed by atoms with van der Waals surface area (Å²) in [7, 11) is 4.90. The van der Waals surface area contributed by atoms with Crippen molar-refractivity contribution in [2.24, 2.45) is 16.9 Å². The molecule has 0 fully saturated rings. The number of methoxy groups -OCH3 is 2. The van der Waals surface area contributed by atoms with Gasteiger partial charge in [0.15, 0.2) is 5.82 Å². The Bertz CT molecular complexity index is 1640. The van der Waals surface area contributed by atoms with E-state index in [0.717, 1.165) is 78.7 Å². The number of aromatic nitrogens is 4. The number of nitrogens with zero attached hydrogens (tertiary/aromatic N) is 5. The van der Waals surface area contributed by atoms with Crippen LogP contribution in [-0.4, -0.2) is 56.5 Å². The number of carbonyl (C=O) groups is 2. The van der Waals surface area contributed by atoms with Crippen molar-refractivity contribution >= 4 is 52.5 Å². The Kier molecular flexibility index (Phi) is 10.00. The Balaban J connectivity index is 1.74. The maximum absolute atomic E-state index is 12.3. The maximum Gasteiger partial charge on any atom is 0.338 e. The Morgan fingerprint density at radius 1 is 1.02 bits per heavy atom. The number of unbranched alkanes of at least 4 members (excludes halogenated alkanes) is 3. The van der Waals surface area contributed by atoms with Crippen molar-refractivity contribution in [1.29, 1.82) is 0 Å². The van der Waals surface area contributed by atoms with E-state index in [1.54, 1.807) is 19.2 Å². The summed E-state index contributed by atoms with van der Waals surface area (Å²) < 4.78 is 19.4. The first-order valence-electron chi connectivity index (χ1n) is 14.7. The summed E-state index contributed by atoms with van der Waals surface area (Å²) in [6, 6.07) is 9.60. The molecule has 1 aromatic carbocycles. The van der Waals surface area contributed by atoms with Crippen LogP contribution >= 0.6 is 11.9 Å². The molecule has 0 aliphatic rings. The predicted octanol–water partition coefficient (Wildman–Crippen LogP) is 7.43. The lowest BCUT2D eigenvalue weighted by Gasteiger charge is -2.16. The van der Waals surface area contributed by atoms with Gasteiger partial charge in [0.25, 0.3) is 0 Å². The van der Waals surface area contributed by atoms with Crippen LogP contribution < -0.4 is 4.74 Å². The van der Waals surface area contributed by atoms with Gasteiger partial charge in [-0.05, 0) is 75.9 Å². The van der Waals surface area contributed by atoms with E-state index < -0.39 is 5.97 Å². The highest BCUT2D eigenvalue weighted by atomic mass is 32.2. The van der Waals surface area contributed by atoms with Gasteiger partial charge >= 0.3 is 5.97 Å². The summed E-state index contributed by atoms with van der Waals surface area (Å²) >= 11 is 1.52. The second kappa shape index (κ2) is 13.3. The van der Waals surface area contributed by atoms with Gasteiger partial charge in [-0.1, -0.05) is 33.1 Å². The van der Waals surface area contributed by atoms with Crippen molar-refractivity contribution in [3.05, 3.63) is 41.6 Å². The van der Waals surface area contributed by atoms with Crippen molar-refractivity contribution < 1.29 is 19.1 Å². The minimum absolute atomic E-state index is 0.0178. The minimum Gasteiger partial charge on any atom is -0.494 e. The molecule has 4 rings (SSSR count). The number of fused-ring (bicyclic) bond motifs is 2. The second-order valence-corrected chi connectivity index (χ2v) is 14.2. The van der Waals surface area contributed by atoms with Gasteiger partial charge in [0, 0.05) is 29.1 Å². The van der Waals surface area contributed by atoms with E-state index in [1.807, 2.05) is 37.7 Å². The van der Waals surface area contributed by atoms with Crippen LogP contribution in [0.3, 0.4) is 0 Å². The number of carbonyl (C=O) groups excluding carboxylic acids is 2. The van der Waals surface area contributed by atoms with Crippen LogP contribution in [0, 0.1) is 5.41 Å². The lowest BCUT2D eigenvalue weighted by Crippen LogP contribution is -2.12. The third kappa shape index (κ3) is 7.65. The van der Waals surface area contributed by atoms with Crippen LogP contribution in [-0.2, 0) is 23.1 Å².